The molecule has 3 rings (SSSR count). The van der Waals surface area contributed by atoms with Gasteiger partial charge in [0.1, 0.15) is 6.07 Å². The molecular weight excluding hydrogens is 475 g/mol. The number of halogens is 2. The highest BCUT2D eigenvalue weighted by atomic mass is 35.5. The number of anilines is 1. The van der Waals surface area contributed by atoms with Gasteiger partial charge in [-0.05, 0) is 37.8 Å². The van der Waals surface area contributed by atoms with Gasteiger partial charge in [0.05, 0.1) is 22.3 Å². The van der Waals surface area contributed by atoms with Crippen LogP contribution in [-0.4, -0.2) is 34.5 Å². The summed E-state index contributed by atoms with van der Waals surface area (Å²) in [6, 6.07) is 4.37. The largest absolute Gasteiger partial charge is 0.450 e. The number of alkyl carbamates (subject to hydrolysis) is 1. The summed E-state index contributed by atoms with van der Waals surface area (Å²) in [7, 11) is 0. The summed E-state index contributed by atoms with van der Waals surface area (Å²) in [6.45, 7) is 3.59. The Balaban J connectivity index is 1.80. The van der Waals surface area contributed by atoms with Crippen LogP contribution in [-0.2, 0) is 16.0 Å². The highest BCUT2D eigenvalue weighted by molar-refractivity contribution is 6.47. The molecule has 2 aromatic rings. The Hall–Kier alpha value is -3.62. The number of rotatable bonds is 6. The van der Waals surface area contributed by atoms with Crippen LogP contribution in [0.5, 0.6) is 11.6 Å². The second kappa shape index (κ2) is 10.3. The van der Waals surface area contributed by atoms with Gasteiger partial charge in [-0.2, -0.15) is 10.4 Å². The molecule has 0 radical (unpaired) electrons. The molecule has 1 unspecified atom stereocenters. The maximum Gasteiger partial charge on any atom is 0.414 e. The van der Waals surface area contributed by atoms with E-state index in [1.165, 1.54) is 12.1 Å². The molecule has 13 heteroatoms. The summed E-state index contributed by atoms with van der Waals surface area (Å²) < 4.78 is 10.4. The molecule has 0 aliphatic heterocycles. The van der Waals surface area contributed by atoms with E-state index in [1.807, 2.05) is 12.2 Å². The Bertz CT molecular complexity index is 1210. The van der Waals surface area contributed by atoms with Gasteiger partial charge in [0.15, 0.2) is 5.75 Å². The van der Waals surface area contributed by atoms with Crippen molar-refractivity contribution in [3.05, 3.63) is 43.7 Å². The molecule has 0 saturated carbocycles. The predicted octanol–water partition coefficient (Wildman–Crippen LogP) is 3.48. The topological polar surface area (TPSA) is 159 Å². The number of aromatic amines is 1. The lowest BCUT2D eigenvalue weighted by molar-refractivity contribution is -0.114. The molecule has 33 heavy (non-hydrogen) atoms. The van der Waals surface area contributed by atoms with Gasteiger partial charge in [-0.15, -0.1) is 5.10 Å². The third kappa shape index (κ3) is 5.42. The molecule has 1 atom stereocenters. The lowest BCUT2D eigenvalue weighted by atomic mass is 10.1. The van der Waals surface area contributed by atoms with Crippen molar-refractivity contribution in [2.24, 2.45) is 5.10 Å². The first-order valence-corrected chi connectivity index (χ1v) is 10.5. The van der Waals surface area contributed by atoms with E-state index in [4.69, 9.17) is 33.2 Å². The molecule has 1 aromatic carbocycles. The number of fused-ring (bicyclic) bond motifs is 1. The number of imide groups is 1. The van der Waals surface area contributed by atoms with Crippen LogP contribution < -0.4 is 21.0 Å². The van der Waals surface area contributed by atoms with Gasteiger partial charge in [-0.1, -0.05) is 30.1 Å². The number of benzene rings is 1. The van der Waals surface area contributed by atoms with E-state index in [2.05, 4.69) is 25.5 Å². The van der Waals surface area contributed by atoms with Crippen molar-refractivity contribution < 1.29 is 19.1 Å². The van der Waals surface area contributed by atoms with Crippen LogP contribution in [0.1, 0.15) is 37.3 Å². The van der Waals surface area contributed by atoms with Gasteiger partial charge < -0.3 is 9.47 Å². The van der Waals surface area contributed by atoms with Crippen LogP contribution in [0, 0.1) is 11.3 Å². The van der Waals surface area contributed by atoms with E-state index >= 15 is 0 Å². The van der Waals surface area contributed by atoms with Crippen molar-refractivity contribution in [3.8, 4) is 17.7 Å². The monoisotopic (exact) mass is 492 g/mol. The number of hydrazone groups is 1. The average molecular weight is 493 g/mol. The number of nitrogens with one attached hydrogen (secondary N) is 3. The quantitative estimate of drug-likeness (QED) is 0.408. The molecule has 3 N–H and O–H groups in total. The number of carbonyl (C=O) groups is 2. The van der Waals surface area contributed by atoms with Gasteiger partial charge in [0.2, 0.25) is 11.6 Å². The number of nitriles is 1. The third-order valence-electron chi connectivity index (χ3n) is 4.71. The second-order valence-corrected chi connectivity index (χ2v) is 7.73. The number of amides is 2. The van der Waals surface area contributed by atoms with Crippen LogP contribution in [0.15, 0.2) is 22.0 Å². The van der Waals surface area contributed by atoms with Gasteiger partial charge >= 0.3 is 6.09 Å². The first kappa shape index (κ1) is 24.0. The molecule has 0 bridgehead atoms. The SMILES string of the molecule is CCOC(=O)NC(=O)/C(C#N)=N/Nc1cc(Cl)c(Oc2n[nH]c(=O)c3c2C(C)CC3)c(Cl)c1. The lowest BCUT2D eigenvalue weighted by Crippen LogP contribution is -2.36. The van der Waals surface area contributed by atoms with E-state index in [0.29, 0.717) is 17.5 Å². The van der Waals surface area contributed by atoms with E-state index in [-0.39, 0.29) is 45.4 Å². The van der Waals surface area contributed by atoms with Gasteiger partial charge in [-0.3, -0.25) is 20.3 Å². The Morgan fingerprint density at radius 1 is 1.36 bits per heavy atom. The first-order valence-electron chi connectivity index (χ1n) is 9.75. The number of hydrogen-bond acceptors (Lipinski definition) is 9. The number of ether oxygens (including phenoxy) is 2. The van der Waals surface area contributed by atoms with Crippen LogP contribution in [0.2, 0.25) is 10.0 Å². The molecule has 0 saturated heterocycles. The zero-order valence-corrected chi connectivity index (χ0v) is 19.0. The van der Waals surface area contributed by atoms with Crippen molar-refractivity contribution in [1.82, 2.24) is 15.5 Å². The summed E-state index contributed by atoms with van der Waals surface area (Å²) in [6.07, 6.45) is 0.417. The Morgan fingerprint density at radius 2 is 2.06 bits per heavy atom. The number of aromatic nitrogens is 2. The molecule has 0 spiro atoms. The summed E-state index contributed by atoms with van der Waals surface area (Å²) >= 11 is 12.6. The normalized spacial score (nSPS) is 14.8. The van der Waals surface area contributed by atoms with Crippen LogP contribution in [0.3, 0.4) is 0 Å². The fourth-order valence-electron chi connectivity index (χ4n) is 3.20. The molecule has 1 aromatic heterocycles. The Kier molecular flexibility index (Phi) is 7.52. The summed E-state index contributed by atoms with van der Waals surface area (Å²) in [5, 5.41) is 21.2. The lowest BCUT2D eigenvalue weighted by Gasteiger charge is -2.14. The van der Waals surface area contributed by atoms with Crippen molar-refractivity contribution in [2.75, 3.05) is 12.0 Å². The average Bonchev–Trinajstić information content (AvgIpc) is 3.15. The number of carbonyl (C=O) groups excluding carboxylic acids is 2. The molecule has 2 amide bonds. The summed E-state index contributed by atoms with van der Waals surface area (Å²) in [4.78, 5) is 35.2. The standard InChI is InChI=1S/C20H18Cl2N6O5/c1-3-32-20(31)24-18(30)14(8-23)26-25-10-6-12(21)16(13(22)7-10)33-19-15-9(2)4-5-11(15)17(29)27-28-19/h6-7,9,25H,3-5H2,1-2H3,(H,27,29)(H,24,30,31)/b26-14+. The second-order valence-electron chi connectivity index (χ2n) is 6.92. The summed E-state index contributed by atoms with van der Waals surface area (Å²) in [5.74, 6) is -0.649. The highest BCUT2D eigenvalue weighted by Crippen LogP contribution is 2.42. The van der Waals surface area contributed by atoms with Crippen molar-refractivity contribution in [1.29, 1.82) is 5.26 Å². The molecule has 1 aliphatic rings. The van der Waals surface area contributed by atoms with Gasteiger partial charge in [0, 0.05) is 11.1 Å². The van der Waals surface area contributed by atoms with Crippen molar-refractivity contribution in [3.63, 3.8) is 0 Å². The fraction of sp³-hybridized carbons (Fsp3) is 0.300. The number of nitrogens with zero attached hydrogens (tertiary/aromatic N) is 3. The van der Waals surface area contributed by atoms with E-state index in [9.17, 15) is 14.4 Å². The number of H-pyrrole nitrogens is 1. The maximum absolute atomic E-state index is 12.0. The zero-order valence-electron chi connectivity index (χ0n) is 17.5. The zero-order chi connectivity index (χ0) is 24.1. The maximum atomic E-state index is 12.0. The predicted molar refractivity (Wildman–Crippen MR) is 120 cm³/mol. The minimum Gasteiger partial charge on any atom is -0.450 e. The molecule has 1 aliphatic carbocycles. The van der Waals surface area contributed by atoms with E-state index < -0.39 is 17.7 Å². The molecule has 1 heterocycles. The summed E-state index contributed by atoms with van der Waals surface area (Å²) in [5.41, 5.74) is 3.17. The molecular formula is C20H18Cl2N6O5. The van der Waals surface area contributed by atoms with Gasteiger partial charge in [0.25, 0.3) is 11.5 Å². The molecule has 172 valence electrons. The molecule has 11 nitrogen and oxygen atoms in total. The highest BCUT2D eigenvalue weighted by Gasteiger charge is 2.28. The minimum atomic E-state index is -1.05. The third-order valence-corrected chi connectivity index (χ3v) is 5.28. The Labute approximate surface area is 197 Å². The minimum absolute atomic E-state index is 0.0537. The number of hydrogen-bond donors (Lipinski definition) is 3. The van der Waals surface area contributed by atoms with Crippen LogP contribution in [0.25, 0.3) is 0 Å². The first-order chi connectivity index (χ1) is 15.7. The van der Waals surface area contributed by atoms with E-state index in [0.717, 1.165) is 6.42 Å². The smallest absolute Gasteiger partial charge is 0.414 e. The fourth-order valence-corrected chi connectivity index (χ4v) is 3.77. The van der Waals surface area contributed by atoms with Gasteiger partial charge in [-0.25, -0.2) is 9.89 Å². The van der Waals surface area contributed by atoms with E-state index in [1.54, 1.807) is 13.0 Å². The van der Waals surface area contributed by atoms with Crippen molar-refractivity contribution >= 4 is 46.6 Å². The Morgan fingerprint density at radius 3 is 2.70 bits per heavy atom. The van der Waals surface area contributed by atoms with Crippen LogP contribution in [0.4, 0.5) is 10.5 Å². The molecule has 0 fully saturated rings. The van der Waals surface area contributed by atoms with Crippen LogP contribution >= 0.6 is 23.2 Å². The van der Waals surface area contributed by atoms with Crippen molar-refractivity contribution in [2.45, 2.75) is 32.6 Å².